The third kappa shape index (κ3) is 3.33. The van der Waals surface area contributed by atoms with Gasteiger partial charge in [0.2, 0.25) is 0 Å². The quantitative estimate of drug-likeness (QED) is 0.920. The number of benzene rings is 2. The molecule has 0 aliphatic rings. The highest BCUT2D eigenvalue weighted by Crippen LogP contribution is 2.23. The van der Waals surface area contributed by atoms with E-state index in [1.807, 2.05) is 26.0 Å². The minimum Gasteiger partial charge on any atom is -0.489 e. The lowest BCUT2D eigenvalue weighted by Crippen LogP contribution is -2.06. The summed E-state index contributed by atoms with van der Waals surface area (Å²) in [6.07, 6.45) is 0. The molecule has 0 spiro atoms. The fraction of sp³-hybridized carbons (Fsp3) is 0.250. The Morgan fingerprint density at radius 3 is 2.55 bits per heavy atom. The van der Waals surface area contributed by atoms with E-state index in [0.29, 0.717) is 5.75 Å². The van der Waals surface area contributed by atoms with Gasteiger partial charge in [-0.25, -0.2) is 8.78 Å². The van der Waals surface area contributed by atoms with Crippen molar-refractivity contribution in [3.63, 3.8) is 0 Å². The molecule has 0 heterocycles. The highest BCUT2D eigenvalue weighted by molar-refractivity contribution is 5.37. The van der Waals surface area contributed by atoms with Gasteiger partial charge in [-0.2, -0.15) is 0 Å². The zero-order chi connectivity index (χ0) is 14.7. The Balaban J connectivity index is 2.13. The lowest BCUT2D eigenvalue weighted by molar-refractivity contribution is 0.297. The molecule has 2 aromatic rings. The van der Waals surface area contributed by atoms with Crippen molar-refractivity contribution in [3.8, 4) is 5.75 Å². The van der Waals surface area contributed by atoms with Crippen molar-refractivity contribution in [2.45, 2.75) is 26.5 Å². The fourth-order valence-corrected chi connectivity index (χ4v) is 1.93. The number of ether oxygens (including phenoxy) is 1. The van der Waals surface area contributed by atoms with Crippen LogP contribution in [0.5, 0.6) is 5.75 Å². The van der Waals surface area contributed by atoms with E-state index in [1.165, 1.54) is 0 Å². The number of hydrogen-bond acceptors (Lipinski definition) is 2. The molecule has 0 bridgehead atoms. The van der Waals surface area contributed by atoms with Crippen molar-refractivity contribution in [1.82, 2.24) is 0 Å². The van der Waals surface area contributed by atoms with Crippen LogP contribution in [0.25, 0.3) is 0 Å². The van der Waals surface area contributed by atoms with Crippen molar-refractivity contribution >= 4 is 0 Å². The first-order valence-corrected chi connectivity index (χ1v) is 6.40. The minimum atomic E-state index is -0.478. The maximum absolute atomic E-state index is 13.5. The number of nitrogens with two attached hydrogens (primary N) is 1. The predicted molar refractivity (Wildman–Crippen MR) is 74.5 cm³/mol. The molecule has 0 amide bonds. The molecule has 1 atom stereocenters. The Kier molecular flexibility index (Phi) is 4.35. The summed E-state index contributed by atoms with van der Waals surface area (Å²) in [5.41, 5.74) is 7.92. The number of hydrogen-bond donors (Lipinski definition) is 1. The fourth-order valence-electron chi connectivity index (χ4n) is 1.93. The summed E-state index contributed by atoms with van der Waals surface area (Å²) in [5.74, 6) is -0.316. The Labute approximate surface area is 117 Å². The summed E-state index contributed by atoms with van der Waals surface area (Å²) >= 11 is 0. The van der Waals surface area contributed by atoms with Crippen LogP contribution in [-0.2, 0) is 6.61 Å². The monoisotopic (exact) mass is 277 g/mol. The van der Waals surface area contributed by atoms with Crippen LogP contribution >= 0.6 is 0 Å². The van der Waals surface area contributed by atoms with Gasteiger partial charge in [-0.15, -0.1) is 0 Å². The number of aryl methyl sites for hydroxylation is 1. The van der Waals surface area contributed by atoms with E-state index in [0.717, 1.165) is 29.3 Å². The molecule has 0 aliphatic carbocycles. The number of rotatable bonds is 4. The van der Waals surface area contributed by atoms with Gasteiger partial charge in [-0.05, 0) is 49.2 Å². The van der Waals surface area contributed by atoms with Gasteiger partial charge in [-0.1, -0.05) is 12.1 Å². The molecule has 4 heteroatoms. The first-order chi connectivity index (χ1) is 9.47. The molecule has 20 heavy (non-hydrogen) atoms. The molecule has 2 nitrogen and oxygen atoms in total. The molecule has 2 rings (SSSR count). The Bertz CT molecular complexity index is 611. The molecule has 0 saturated carbocycles. The first-order valence-electron chi connectivity index (χ1n) is 6.40. The van der Waals surface area contributed by atoms with Crippen LogP contribution in [0.4, 0.5) is 8.78 Å². The molecule has 2 N–H and O–H groups in total. The van der Waals surface area contributed by atoms with Crippen LogP contribution in [0.2, 0.25) is 0 Å². The maximum atomic E-state index is 13.5. The average molecular weight is 277 g/mol. The SMILES string of the molecule is Cc1cc([C@@H](C)N)ccc1OCc1cc(F)ccc1F. The molecule has 106 valence electrons. The van der Waals surface area contributed by atoms with Gasteiger partial charge in [0.1, 0.15) is 24.0 Å². The molecule has 0 saturated heterocycles. The van der Waals surface area contributed by atoms with Crippen molar-refractivity contribution < 1.29 is 13.5 Å². The topological polar surface area (TPSA) is 35.2 Å². The predicted octanol–water partition coefficient (Wildman–Crippen LogP) is 3.87. The van der Waals surface area contributed by atoms with Crippen molar-refractivity contribution in [3.05, 3.63) is 64.7 Å². The molecule has 0 radical (unpaired) electrons. The molecule has 0 aromatic heterocycles. The summed E-state index contributed by atoms with van der Waals surface area (Å²) in [4.78, 5) is 0. The number of halogens is 2. The standard InChI is InChI=1S/C16H17F2NO/c1-10-7-12(11(2)19)3-6-16(10)20-9-13-8-14(17)4-5-15(13)18/h3-8,11H,9,19H2,1-2H3/t11-/m1/s1. The zero-order valence-corrected chi connectivity index (χ0v) is 11.5. The van der Waals surface area contributed by atoms with Crippen LogP contribution in [-0.4, -0.2) is 0 Å². The summed E-state index contributed by atoms with van der Waals surface area (Å²) in [6, 6.07) is 8.87. The Hall–Kier alpha value is -1.94. The summed E-state index contributed by atoms with van der Waals surface area (Å²) < 4.78 is 32.1. The second-order valence-corrected chi connectivity index (χ2v) is 4.84. The summed E-state index contributed by atoms with van der Waals surface area (Å²) in [6.45, 7) is 3.78. The third-order valence-corrected chi connectivity index (χ3v) is 3.12. The highest BCUT2D eigenvalue weighted by Gasteiger charge is 2.07. The van der Waals surface area contributed by atoms with Gasteiger partial charge in [-0.3, -0.25) is 0 Å². The normalized spacial score (nSPS) is 12.2. The van der Waals surface area contributed by atoms with Crippen molar-refractivity contribution in [2.75, 3.05) is 0 Å². The largest absolute Gasteiger partial charge is 0.489 e. The van der Waals surface area contributed by atoms with Gasteiger partial charge in [0.25, 0.3) is 0 Å². The molecule has 0 unspecified atom stereocenters. The van der Waals surface area contributed by atoms with Gasteiger partial charge in [0, 0.05) is 11.6 Å². The second kappa shape index (κ2) is 6.01. The van der Waals surface area contributed by atoms with E-state index in [4.69, 9.17) is 10.5 Å². The van der Waals surface area contributed by atoms with Crippen LogP contribution in [0.3, 0.4) is 0 Å². The van der Waals surface area contributed by atoms with E-state index in [-0.39, 0.29) is 18.2 Å². The average Bonchev–Trinajstić information content (AvgIpc) is 2.40. The third-order valence-electron chi connectivity index (χ3n) is 3.12. The Morgan fingerprint density at radius 2 is 1.90 bits per heavy atom. The van der Waals surface area contributed by atoms with Crippen LogP contribution in [0.15, 0.2) is 36.4 Å². The molecule has 0 aliphatic heterocycles. The smallest absolute Gasteiger partial charge is 0.130 e. The lowest BCUT2D eigenvalue weighted by atomic mass is 10.1. The van der Waals surface area contributed by atoms with E-state index < -0.39 is 11.6 Å². The van der Waals surface area contributed by atoms with Gasteiger partial charge < -0.3 is 10.5 Å². The second-order valence-electron chi connectivity index (χ2n) is 4.84. The molecular formula is C16H17F2NO. The summed E-state index contributed by atoms with van der Waals surface area (Å²) in [7, 11) is 0. The van der Waals surface area contributed by atoms with E-state index >= 15 is 0 Å². The minimum absolute atomic E-state index is 0.0119. The maximum Gasteiger partial charge on any atom is 0.130 e. The van der Waals surface area contributed by atoms with E-state index in [2.05, 4.69) is 0 Å². The zero-order valence-electron chi connectivity index (χ0n) is 11.5. The highest BCUT2D eigenvalue weighted by atomic mass is 19.1. The Morgan fingerprint density at radius 1 is 1.15 bits per heavy atom. The van der Waals surface area contributed by atoms with Crippen LogP contribution in [0, 0.1) is 18.6 Å². The van der Waals surface area contributed by atoms with E-state index in [9.17, 15) is 8.78 Å². The molecule has 0 fully saturated rings. The first kappa shape index (κ1) is 14.5. The van der Waals surface area contributed by atoms with Gasteiger partial charge in [0.05, 0.1) is 0 Å². The van der Waals surface area contributed by atoms with Gasteiger partial charge >= 0.3 is 0 Å². The lowest BCUT2D eigenvalue weighted by Gasteiger charge is -2.12. The summed E-state index contributed by atoms with van der Waals surface area (Å²) in [5, 5.41) is 0. The molecule has 2 aromatic carbocycles. The van der Waals surface area contributed by atoms with Crippen LogP contribution < -0.4 is 10.5 Å². The van der Waals surface area contributed by atoms with Gasteiger partial charge in [0.15, 0.2) is 0 Å². The van der Waals surface area contributed by atoms with Crippen molar-refractivity contribution in [2.24, 2.45) is 5.73 Å². The van der Waals surface area contributed by atoms with Crippen LogP contribution in [0.1, 0.15) is 29.7 Å². The van der Waals surface area contributed by atoms with Crippen molar-refractivity contribution in [1.29, 1.82) is 0 Å². The molecular weight excluding hydrogens is 260 g/mol. The van der Waals surface area contributed by atoms with E-state index in [1.54, 1.807) is 6.07 Å².